The predicted molar refractivity (Wildman–Crippen MR) is 60.4 cm³/mol. The van der Waals surface area contributed by atoms with Crippen LogP contribution in [0.3, 0.4) is 0 Å². The lowest BCUT2D eigenvalue weighted by Gasteiger charge is -2.48. The van der Waals surface area contributed by atoms with E-state index in [4.69, 9.17) is 4.74 Å². The monoisotopic (exact) mass is 211 g/mol. The lowest BCUT2D eigenvalue weighted by Crippen LogP contribution is -2.56. The van der Waals surface area contributed by atoms with E-state index in [0.717, 1.165) is 32.4 Å². The lowest BCUT2D eigenvalue weighted by molar-refractivity contribution is -0.203. The number of rotatable bonds is 5. The molecule has 1 fully saturated rings. The summed E-state index contributed by atoms with van der Waals surface area (Å²) in [6.45, 7) is 11.3. The van der Waals surface area contributed by atoms with Crippen molar-refractivity contribution >= 4 is 5.97 Å². The van der Waals surface area contributed by atoms with Gasteiger partial charge in [-0.05, 0) is 26.4 Å². The second-order valence-corrected chi connectivity index (χ2v) is 4.14. The topological polar surface area (TPSA) is 29.5 Å². The molecule has 0 saturated heterocycles. The van der Waals surface area contributed by atoms with Gasteiger partial charge in [0.1, 0.15) is 0 Å². The summed E-state index contributed by atoms with van der Waals surface area (Å²) in [4.78, 5) is 13.8. The fraction of sp³-hybridized carbons (Fsp3) is 0.750. The molecule has 0 aliphatic heterocycles. The molecule has 15 heavy (non-hydrogen) atoms. The van der Waals surface area contributed by atoms with Gasteiger partial charge in [-0.25, -0.2) is 4.79 Å². The molecular weight excluding hydrogens is 190 g/mol. The zero-order valence-electron chi connectivity index (χ0n) is 10.0. The summed E-state index contributed by atoms with van der Waals surface area (Å²) in [5.74, 6) is -0.262. The van der Waals surface area contributed by atoms with Crippen LogP contribution in [0.4, 0.5) is 0 Å². The summed E-state index contributed by atoms with van der Waals surface area (Å²) in [7, 11) is 0. The third-order valence-corrected chi connectivity index (χ3v) is 3.11. The molecule has 0 bridgehead atoms. The predicted octanol–water partition coefficient (Wildman–Crippen LogP) is 2.33. The van der Waals surface area contributed by atoms with Crippen LogP contribution in [0.5, 0.6) is 0 Å². The molecule has 0 atom stereocenters. The molecule has 86 valence electrons. The van der Waals surface area contributed by atoms with Crippen molar-refractivity contribution < 1.29 is 9.53 Å². The first kappa shape index (κ1) is 12.2. The van der Waals surface area contributed by atoms with Crippen molar-refractivity contribution in [1.29, 1.82) is 0 Å². The molecule has 0 radical (unpaired) electrons. The average Bonchev–Trinajstić information content (AvgIpc) is 2.14. The molecule has 0 aromatic carbocycles. The first-order chi connectivity index (χ1) is 7.05. The van der Waals surface area contributed by atoms with Gasteiger partial charge < -0.3 is 4.74 Å². The van der Waals surface area contributed by atoms with E-state index in [2.05, 4.69) is 25.3 Å². The van der Waals surface area contributed by atoms with E-state index >= 15 is 0 Å². The van der Waals surface area contributed by atoms with Crippen molar-refractivity contribution in [2.75, 3.05) is 13.1 Å². The Labute approximate surface area is 92.1 Å². The number of hydrogen-bond acceptors (Lipinski definition) is 3. The quantitative estimate of drug-likeness (QED) is 0.397. The minimum Gasteiger partial charge on any atom is -0.440 e. The molecule has 0 unspecified atom stereocenters. The molecule has 3 heteroatoms. The summed E-state index contributed by atoms with van der Waals surface area (Å²) >= 11 is 0. The van der Waals surface area contributed by atoms with E-state index in [1.807, 2.05) is 0 Å². The minimum atomic E-state index is -0.334. The molecule has 1 aliphatic rings. The number of ether oxygens (including phenoxy) is 1. The first-order valence-electron chi connectivity index (χ1n) is 5.69. The summed E-state index contributed by atoms with van der Waals surface area (Å²) in [6.07, 6.45) is 3.04. The third kappa shape index (κ3) is 2.40. The zero-order chi connectivity index (χ0) is 11.5. The minimum absolute atomic E-state index is 0.262. The fourth-order valence-electron chi connectivity index (χ4n) is 2.02. The van der Waals surface area contributed by atoms with Gasteiger partial charge in [-0.3, -0.25) is 4.90 Å². The largest absolute Gasteiger partial charge is 0.440 e. The zero-order valence-corrected chi connectivity index (χ0v) is 10.0. The highest BCUT2D eigenvalue weighted by Crippen LogP contribution is 2.39. The van der Waals surface area contributed by atoms with Crippen LogP contribution in [-0.4, -0.2) is 29.7 Å². The third-order valence-electron chi connectivity index (χ3n) is 3.11. The van der Waals surface area contributed by atoms with Crippen molar-refractivity contribution in [1.82, 2.24) is 4.90 Å². The van der Waals surface area contributed by atoms with Crippen LogP contribution in [0.1, 0.15) is 40.0 Å². The molecule has 1 rings (SSSR count). The van der Waals surface area contributed by atoms with E-state index < -0.39 is 0 Å². The number of carbonyl (C=O) groups is 1. The highest BCUT2D eigenvalue weighted by Gasteiger charge is 2.44. The standard InChI is InChI=1S/C12H21NO2/c1-5-13(6-2)12(8-7-9-12)15-11(14)10(3)4/h3,5-9H2,1-2,4H3. The Morgan fingerprint density at radius 2 is 1.93 bits per heavy atom. The Morgan fingerprint density at radius 3 is 2.20 bits per heavy atom. The van der Waals surface area contributed by atoms with Crippen molar-refractivity contribution in [2.45, 2.75) is 45.8 Å². The Hall–Kier alpha value is -0.830. The molecule has 0 N–H and O–H groups in total. The van der Waals surface area contributed by atoms with Gasteiger partial charge in [0.25, 0.3) is 0 Å². The fourth-order valence-corrected chi connectivity index (χ4v) is 2.02. The summed E-state index contributed by atoms with van der Waals surface area (Å²) in [5, 5.41) is 0. The second-order valence-electron chi connectivity index (χ2n) is 4.14. The molecule has 0 amide bonds. The summed E-state index contributed by atoms with van der Waals surface area (Å²) in [5.41, 5.74) is 0.146. The van der Waals surface area contributed by atoms with Gasteiger partial charge in [0.15, 0.2) is 5.72 Å². The number of hydrogen-bond donors (Lipinski definition) is 0. The van der Waals surface area contributed by atoms with Crippen LogP contribution in [0.15, 0.2) is 12.2 Å². The highest BCUT2D eigenvalue weighted by atomic mass is 16.6. The molecule has 0 aromatic heterocycles. The molecule has 3 nitrogen and oxygen atoms in total. The van der Waals surface area contributed by atoms with Crippen LogP contribution < -0.4 is 0 Å². The Bertz CT molecular complexity index is 252. The maximum Gasteiger partial charge on any atom is 0.334 e. The van der Waals surface area contributed by atoms with Crippen LogP contribution in [0.2, 0.25) is 0 Å². The van der Waals surface area contributed by atoms with Crippen LogP contribution in [0, 0.1) is 0 Å². The van der Waals surface area contributed by atoms with Crippen molar-refractivity contribution in [3.63, 3.8) is 0 Å². The Kier molecular flexibility index (Phi) is 3.91. The maximum atomic E-state index is 11.5. The van der Waals surface area contributed by atoms with Crippen LogP contribution in [0.25, 0.3) is 0 Å². The smallest absolute Gasteiger partial charge is 0.334 e. The Balaban J connectivity index is 2.68. The summed E-state index contributed by atoms with van der Waals surface area (Å²) in [6, 6.07) is 0. The first-order valence-corrected chi connectivity index (χ1v) is 5.69. The van der Waals surface area contributed by atoms with Gasteiger partial charge in [0.2, 0.25) is 0 Å². The van der Waals surface area contributed by atoms with E-state index in [1.165, 1.54) is 0 Å². The number of carbonyl (C=O) groups excluding carboxylic acids is 1. The molecule has 0 heterocycles. The van der Waals surface area contributed by atoms with Crippen molar-refractivity contribution in [3.8, 4) is 0 Å². The number of nitrogens with zero attached hydrogens (tertiary/aromatic N) is 1. The molecular formula is C12H21NO2. The highest BCUT2D eigenvalue weighted by molar-refractivity contribution is 5.87. The van der Waals surface area contributed by atoms with Crippen LogP contribution >= 0.6 is 0 Å². The normalized spacial score (nSPS) is 18.4. The van der Waals surface area contributed by atoms with Gasteiger partial charge in [-0.1, -0.05) is 20.4 Å². The van der Waals surface area contributed by atoms with E-state index in [-0.39, 0.29) is 11.7 Å². The maximum absolute atomic E-state index is 11.5. The van der Waals surface area contributed by atoms with Gasteiger partial charge in [-0.2, -0.15) is 0 Å². The van der Waals surface area contributed by atoms with Gasteiger partial charge in [-0.15, -0.1) is 0 Å². The van der Waals surface area contributed by atoms with E-state index in [1.54, 1.807) is 6.92 Å². The van der Waals surface area contributed by atoms with Crippen molar-refractivity contribution in [3.05, 3.63) is 12.2 Å². The Morgan fingerprint density at radius 1 is 1.40 bits per heavy atom. The van der Waals surface area contributed by atoms with Gasteiger partial charge >= 0.3 is 5.97 Å². The molecule has 0 spiro atoms. The van der Waals surface area contributed by atoms with Gasteiger partial charge in [0.05, 0.1) is 0 Å². The lowest BCUT2D eigenvalue weighted by atomic mass is 9.86. The SMILES string of the molecule is C=C(C)C(=O)OC1(N(CC)CC)CCC1. The van der Waals surface area contributed by atoms with E-state index in [9.17, 15) is 4.79 Å². The van der Waals surface area contributed by atoms with Crippen molar-refractivity contribution in [2.24, 2.45) is 0 Å². The molecule has 1 aliphatic carbocycles. The molecule has 1 saturated carbocycles. The average molecular weight is 211 g/mol. The van der Waals surface area contributed by atoms with E-state index in [0.29, 0.717) is 5.57 Å². The van der Waals surface area contributed by atoms with Crippen LogP contribution in [-0.2, 0) is 9.53 Å². The summed E-state index contributed by atoms with van der Waals surface area (Å²) < 4.78 is 5.57. The number of esters is 1. The molecule has 0 aromatic rings. The van der Waals surface area contributed by atoms with Gasteiger partial charge in [0, 0.05) is 18.4 Å². The second kappa shape index (κ2) is 4.79.